The molecule has 3 nitrogen and oxygen atoms in total. The van der Waals surface area contributed by atoms with Crippen molar-refractivity contribution in [2.45, 2.75) is 13.0 Å². The second-order valence-electron chi connectivity index (χ2n) is 6.02. The van der Waals surface area contributed by atoms with E-state index in [1.807, 2.05) is 0 Å². The van der Waals surface area contributed by atoms with Gasteiger partial charge in [0.1, 0.15) is 0 Å². The van der Waals surface area contributed by atoms with E-state index in [0.717, 1.165) is 26.2 Å². The molecule has 1 saturated heterocycles. The Morgan fingerprint density at radius 1 is 0.955 bits per heavy atom. The Bertz CT molecular complexity index is 589. The lowest BCUT2D eigenvalue weighted by Crippen LogP contribution is -2.49. The minimum atomic E-state index is 0.334. The summed E-state index contributed by atoms with van der Waals surface area (Å²) in [6.45, 7) is 7.07. The van der Waals surface area contributed by atoms with Crippen molar-refractivity contribution in [2.24, 2.45) is 5.73 Å². The van der Waals surface area contributed by atoms with Gasteiger partial charge in [0.15, 0.2) is 0 Å². The van der Waals surface area contributed by atoms with Gasteiger partial charge < -0.3 is 10.6 Å². The van der Waals surface area contributed by atoms with Crippen molar-refractivity contribution in [1.82, 2.24) is 4.90 Å². The number of hydrogen-bond acceptors (Lipinski definition) is 3. The van der Waals surface area contributed by atoms with E-state index in [1.54, 1.807) is 0 Å². The lowest BCUT2D eigenvalue weighted by atomic mass is 10.0. The number of piperazine rings is 1. The molecule has 116 valence electrons. The average molecular weight is 295 g/mol. The number of nitrogens with zero attached hydrogens (tertiary/aromatic N) is 2. The molecule has 0 aliphatic carbocycles. The summed E-state index contributed by atoms with van der Waals surface area (Å²) in [6, 6.07) is 19.7. The van der Waals surface area contributed by atoms with Crippen LogP contribution in [0.1, 0.15) is 17.2 Å². The molecule has 0 bridgehead atoms. The number of nitrogens with two attached hydrogens (primary N) is 1. The monoisotopic (exact) mass is 295 g/mol. The number of rotatable bonds is 4. The third-order valence-electron chi connectivity index (χ3n) is 4.53. The van der Waals surface area contributed by atoms with Gasteiger partial charge in [0.05, 0.1) is 0 Å². The first-order valence-corrected chi connectivity index (χ1v) is 8.08. The molecule has 1 fully saturated rings. The Morgan fingerprint density at radius 3 is 2.32 bits per heavy atom. The van der Waals surface area contributed by atoms with Crippen molar-refractivity contribution < 1.29 is 0 Å². The predicted molar refractivity (Wildman–Crippen MR) is 93.2 cm³/mol. The molecular weight excluding hydrogens is 270 g/mol. The minimum absolute atomic E-state index is 0.334. The maximum atomic E-state index is 6.05. The molecule has 0 aromatic heterocycles. The first-order valence-electron chi connectivity index (χ1n) is 8.08. The van der Waals surface area contributed by atoms with Gasteiger partial charge in [-0.05, 0) is 30.2 Å². The van der Waals surface area contributed by atoms with Crippen molar-refractivity contribution in [3.05, 3.63) is 65.7 Å². The van der Waals surface area contributed by atoms with Crippen LogP contribution < -0.4 is 10.6 Å². The zero-order chi connectivity index (χ0) is 15.4. The van der Waals surface area contributed by atoms with Gasteiger partial charge in [-0.25, -0.2) is 0 Å². The summed E-state index contributed by atoms with van der Waals surface area (Å²) in [7, 11) is 0. The predicted octanol–water partition coefficient (Wildman–Crippen LogP) is 2.82. The normalized spacial score (nSPS) is 17.5. The smallest absolute Gasteiger partial charge is 0.0471 e. The molecular formula is C19H25N3. The van der Waals surface area contributed by atoms with Crippen molar-refractivity contribution in [2.75, 3.05) is 37.6 Å². The molecule has 22 heavy (non-hydrogen) atoms. The molecule has 3 rings (SSSR count). The molecule has 1 unspecified atom stereocenters. The summed E-state index contributed by atoms with van der Waals surface area (Å²) in [6.07, 6.45) is 0. The fraction of sp³-hybridized carbons (Fsp3) is 0.368. The fourth-order valence-electron chi connectivity index (χ4n) is 3.29. The molecule has 0 spiro atoms. The quantitative estimate of drug-likeness (QED) is 0.941. The number of hydrogen-bond donors (Lipinski definition) is 1. The van der Waals surface area contributed by atoms with E-state index in [1.165, 1.54) is 16.8 Å². The van der Waals surface area contributed by atoms with E-state index in [4.69, 9.17) is 5.73 Å². The van der Waals surface area contributed by atoms with Gasteiger partial charge in [-0.15, -0.1) is 0 Å². The van der Waals surface area contributed by atoms with Crippen molar-refractivity contribution >= 4 is 5.69 Å². The average Bonchev–Trinajstić information content (AvgIpc) is 2.57. The highest BCUT2D eigenvalue weighted by Crippen LogP contribution is 2.23. The largest absolute Gasteiger partial charge is 0.369 e. The van der Waals surface area contributed by atoms with Gasteiger partial charge in [-0.2, -0.15) is 0 Å². The van der Waals surface area contributed by atoms with Crippen LogP contribution in [0.3, 0.4) is 0 Å². The molecule has 1 atom stereocenters. The summed E-state index contributed by atoms with van der Waals surface area (Å²) in [5.41, 5.74) is 10.0. The minimum Gasteiger partial charge on any atom is -0.369 e. The molecule has 2 aromatic carbocycles. The van der Waals surface area contributed by atoms with Crippen LogP contribution in [-0.4, -0.2) is 37.6 Å². The van der Waals surface area contributed by atoms with Gasteiger partial charge in [0, 0.05) is 44.5 Å². The Balaban J connectivity index is 1.66. The maximum Gasteiger partial charge on any atom is 0.0471 e. The van der Waals surface area contributed by atoms with Gasteiger partial charge >= 0.3 is 0 Å². The number of aryl methyl sites for hydroxylation is 1. The van der Waals surface area contributed by atoms with Crippen LogP contribution in [0.15, 0.2) is 54.6 Å². The van der Waals surface area contributed by atoms with Gasteiger partial charge in [-0.3, -0.25) is 4.90 Å². The van der Waals surface area contributed by atoms with Crippen LogP contribution in [-0.2, 0) is 0 Å². The molecule has 2 aromatic rings. The zero-order valence-electron chi connectivity index (χ0n) is 13.3. The third kappa shape index (κ3) is 3.32. The van der Waals surface area contributed by atoms with Crippen LogP contribution in [0.25, 0.3) is 0 Å². The Hall–Kier alpha value is -1.84. The van der Waals surface area contributed by atoms with E-state index in [0.29, 0.717) is 12.6 Å². The van der Waals surface area contributed by atoms with Crippen molar-refractivity contribution in [1.29, 1.82) is 0 Å². The highest BCUT2D eigenvalue weighted by atomic mass is 15.3. The maximum absolute atomic E-state index is 6.05. The molecule has 1 heterocycles. The van der Waals surface area contributed by atoms with Crippen LogP contribution in [0.5, 0.6) is 0 Å². The summed E-state index contributed by atoms with van der Waals surface area (Å²) < 4.78 is 0. The number of benzene rings is 2. The van der Waals surface area contributed by atoms with Gasteiger partial charge in [0.2, 0.25) is 0 Å². The van der Waals surface area contributed by atoms with Crippen LogP contribution >= 0.6 is 0 Å². The van der Waals surface area contributed by atoms with Gasteiger partial charge in [0.25, 0.3) is 0 Å². The first kappa shape index (κ1) is 15.1. The summed E-state index contributed by atoms with van der Waals surface area (Å²) in [4.78, 5) is 4.99. The zero-order valence-corrected chi connectivity index (χ0v) is 13.3. The lowest BCUT2D eigenvalue weighted by Gasteiger charge is -2.40. The molecule has 1 aliphatic heterocycles. The lowest BCUT2D eigenvalue weighted by molar-refractivity contribution is 0.190. The molecule has 0 saturated carbocycles. The molecule has 2 N–H and O–H groups in total. The van der Waals surface area contributed by atoms with Crippen LogP contribution in [0.2, 0.25) is 0 Å². The highest BCUT2D eigenvalue weighted by Gasteiger charge is 2.24. The van der Waals surface area contributed by atoms with E-state index in [2.05, 4.69) is 71.3 Å². The Kier molecular flexibility index (Phi) is 4.76. The Morgan fingerprint density at radius 2 is 1.68 bits per heavy atom. The first-order chi connectivity index (χ1) is 10.8. The topological polar surface area (TPSA) is 32.5 Å². The van der Waals surface area contributed by atoms with E-state index >= 15 is 0 Å². The Labute approximate surface area is 133 Å². The molecule has 0 amide bonds. The van der Waals surface area contributed by atoms with Crippen LogP contribution in [0, 0.1) is 6.92 Å². The SMILES string of the molecule is Cc1cccc(N2CCN(C(CN)c3ccccc3)CC2)c1. The van der Waals surface area contributed by atoms with E-state index < -0.39 is 0 Å². The molecule has 1 aliphatic rings. The van der Waals surface area contributed by atoms with Gasteiger partial charge in [-0.1, -0.05) is 42.5 Å². The van der Waals surface area contributed by atoms with Crippen LogP contribution in [0.4, 0.5) is 5.69 Å². The summed E-state index contributed by atoms with van der Waals surface area (Å²) in [5.74, 6) is 0. The second kappa shape index (κ2) is 6.95. The molecule has 3 heteroatoms. The standard InChI is InChI=1S/C19H25N3/c1-16-6-5-9-18(14-16)21-10-12-22(13-11-21)19(15-20)17-7-3-2-4-8-17/h2-9,14,19H,10-13,15,20H2,1H3. The van der Waals surface area contributed by atoms with Crippen molar-refractivity contribution in [3.63, 3.8) is 0 Å². The van der Waals surface area contributed by atoms with Crippen molar-refractivity contribution in [3.8, 4) is 0 Å². The number of anilines is 1. The van der Waals surface area contributed by atoms with E-state index in [-0.39, 0.29) is 0 Å². The van der Waals surface area contributed by atoms with E-state index in [9.17, 15) is 0 Å². The summed E-state index contributed by atoms with van der Waals surface area (Å²) in [5, 5.41) is 0. The highest BCUT2D eigenvalue weighted by molar-refractivity contribution is 5.48. The molecule has 0 radical (unpaired) electrons. The fourth-order valence-corrected chi connectivity index (χ4v) is 3.29. The third-order valence-corrected chi connectivity index (χ3v) is 4.53. The second-order valence-corrected chi connectivity index (χ2v) is 6.02. The summed E-state index contributed by atoms with van der Waals surface area (Å²) >= 11 is 0.